The molecule has 0 unspecified atom stereocenters. The molecule has 1 amide bonds. The van der Waals surface area contributed by atoms with Crippen molar-refractivity contribution < 1.29 is 9.53 Å². The Morgan fingerprint density at radius 2 is 2.24 bits per heavy atom. The topological polar surface area (TPSA) is 81.9 Å². The number of tetrazole rings is 1. The third-order valence-corrected chi connectivity index (χ3v) is 3.47. The summed E-state index contributed by atoms with van der Waals surface area (Å²) in [7, 11) is 0. The molecule has 1 aliphatic rings. The average Bonchev–Trinajstić information content (AvgIpc) is 3.19. The second-order valence-corrected chi connectivity index (χ2v) is 5.05. The first kappa shape index (κ1) is 13.7. The number of ether oxygens (including phenoxy) is 1. The van der Waals surface area contributed by atoms with Crippen LogP contribution in [0.25, 0.3) is 0 Å². The van der Waals surface area contributed by atoms with E-state index in [0.717, 1.165) is 25.0 Å². The van der Waals surface area contributed by atoms with E-state index in [4.69, 9.17) is 4.74 Å². The zero-order valence-corrected chi connectivity index (χ0v) is 11.6. The summed E-state index contributed by atoms with van der Waals surface area (Å²) in [4.78, 5) is 12.0. The number of nitrogens with one attached hydrogen (secondary N) is 1. The standard InChI is InChI=1S/C14H17N5O2/c20-14(15-8-13-2-1-7-21-13)12-5-3-11(4-6-12)9-19-10-16-17-18-19/h3-6,10,13H,1-2,7-9H2,(H,15,20)/t13-/m1/s1. The van der Waals surface area contributed by atoms with Crippen LogP contribution in [0.1, 0.15) is 28.8 Å². The molecule has 1 aliphatic heterocycles. The van der Waals surface area contributed by atoms with Gasteiger partial charge in [0.05, 0.1) is 12.6 Å². The summed E-state index contributed by atoms with van der Waals surface area (Å²) in [5.74, 6) is -0.0699. The molecule has 0 bridgehead atoms. The molecule has 0 aliphatic carbocycles. The lowest BCUT2D eigenvalue weighted by Gasteiger charge is -2.11. The van der Waals surface area contributed by atoms with E-state index in [-0.39, 0.29) is 12.0 Å². The first-order valence-electron chi connectivity index (χ1n) is 7.01. The summed E-state index contributed by atoms with van der Waals surface area (Å²) >= 11 is 0. The van der Waals surface area contributed by atoms with E-state index in [0.29, 0.717) is 18.7 Å². The first-order chi connectivity index (χ1) is 10.3. The van der Waals surface area contributed by atoms with Gasteiger partial charge < -0.3 is 10.1 Å². The van der Waals surface area contributed by atoms with E-state index in [1.54, 1.807) is 11.0 Å². The van der Waals surface area contributed by atoms with E-state index in [9.17, 15) is 4.79 Å². The molecule has 1 atom stereocenters. The highest BCUT2D eigenvalue weighted by molar-refractivity contribution is 5.94. The molecule has 0 spiro atoms. The van der Waals surface area contributed by atoms with Gasteiger partial charge >= 0.3 is 0 Å². The maximum absolute atomic E-state index is 12.0. The van der Waals surface area contributed by atoms with Gasteiger partial charge in [-0.2, -0.15) is 0 Å². The molecule has 2 heterocycles. The van der Waals surface area contributed by atoms with Crippen molar-refractivity contribution in [3.05, 3.63) is 41.7 Å². The van der Waals surface area contributed by atoms with Crippen molar-refractivity contribution in [3.63, 3.8) is 0 Å². The Balaban J connectivity index is 1.54. The van der Waals surface area contributed by atoms with Crippen LogP contribution in [0.3, 0.4) is 0 Å². The molecule has 1 N–H and O–H groups in total. The predicted molar refractivity (Wildman–Crippen MR) is 74.7 cm³/mol. The minimum atomic E-state index is -0.0699. The van der Waals surface area contributed by atoms with E-state index < -0.39 is 0 Å². The Morgan fingerprint density at radius 3 is 2.90 bits per heavy atom. The number of hydrogen-bond acceptors (Lipinski definition) is 5. The molecule has 0 saturated carbocycles. The van der Waals surface area contributed by atoms with Crippen LogP contribution in [-0.4, -0.2) is 45.4 Å². The van der Waals surface area contributed by atoms with Crippen LogP contribution in [0.4, 0.5) is 0 Å². The van der Waals surface area contributed by atoms with Crippen LogP contribution in [0.2, 0.25) is 0 Å². The smallest absolute Gasteiger partial charge is 0.251 e. The van der Waals surface area contributed by atoms with Crippen LogP contribution in [-0.2, 0) is 11.3 Å². The van der Waals surface area contributed by atoms with Gasteiger partial charge in [0.2, 0.25) is 0 Å². The van der Waals surface area contributed by atoms with Gasteiger partial charge in [0, 0.05) is 18.7 Å². The predicted octanol–water partition coefficient (Wildman–Crippen LogP) is 0.630. The van der Waals surface area contributed by atoms with Crippen molar-refractivity contribution in [3.8, 4) is 0 Å². The Labute approximate surface area is 122 Å². The summed E-state index contributed by atoms with van der Waals surface area (Å²) in [6, 6.07) is 7.43. The third-order valence-electron chi connectivity index (χ3n) is 3.47. The highest BCUT2D eigenvalue weighted by Gasteiger charge is 2.16. The second-order valence-electron chi connectivity index (χ2n) is 5.05. The molecule has 7 nitrogen and oxygen atoms in total. The number of hydrogen-bond donors (Lipinski definition) is 1. The van der Waals surface area contributed by atoms with Gasteiger partial charge in [0.1, 0.15) is 6.33 Å². The average molecular weight is 287 g/mol. The van der Waals surface area contributed by atoms with Gasteiger partial charge in [-0.05, 0) is 41.0 Å². The number of rotatable bonds is 5. The zero-order chi connectivity index (χ0) is 14.5. The largest absolute Gasteiger partial charge is 0.376 e. The molecule has 1 fully saturated rings. The molecular weight excluding hydrogens is 270 g/mol. The second kappa shape index (κ2) is 6.45. The van der Waals surface area contributed by atoms with Gasteiger partial charge in [-0.25, -0.2) is 4.68 Å². The summed E-state index contributed by atoms with van der Waals surface area (Å²) in [5, 5.41) is 13.9. The molecule has 110 valence electrons. The number of carbonyl (C=O) groups is 1. The number of benzene rings is 1. The van der Waals surface area contributed by atoms with E-state index in [1.807, 2.05) is 24.3 Å². The normalized spacial score (nSPS) is 17.8. The van der Waals surface area contributed by atoms with Crippen LogP contribution < -0.4 is 5.32 Å². The minimum Gasteiger partial charge on any atom is -0.376 e. The van der Waals surface area contributed by atoms with Crippen LogP contribution in [0.15, 0.2) is 30.6 Å². The SMILES string of the molecule is O=C(NC[C@H]1CCCO1)c1ccc(Cn2cnnn2)cc1. The van der Waals surface area contributed by atoms with Crippen LogP contribution in [0.5, 0.6) is 0 Å². The molecule has 3 rings (SSSR count). The maximum Gasteiger partial charge on any atom is 0.251 e. The third kappa shape index (κ3) is 3.63. The highest BCUT2D eigenvalue weighted by atomic mass is 16.5. The quantitative estimate of drug-likeness (QED) is 0.872. The van der Waals surface area contributed by atoms with Crippen LogP contribution in [0, 0.1) is 0 Å². The fraction of sp³-hybridized carbons (Fsp3) is 0.429. The molecule has 1 saturated heterocycles. The van der Waals surface area contributed by atoms with Crippen molar-refractivity contribution in [1.29, 1.82) is 0 Å². The Kier molecular flexibility index (Phi) is 4.20. The summed E-state index contributed by atoms with van der Waals surface area (Å²) in [5.41, 5.74) is 1.69. The maximum atomic E-state index is 12.0. The monoisotopic (exact) mass is 287 g/mol. The Bertz CT molecular complexity index is 576. The lowest BCUT2D eigenvalue weighted by atomic mass is 10.1. The molecule has 7 heteroatoms. The van der Waals surface area contributed by atoms with Crippen molar-refractivity contribution in [1.82, 2.24) is 25.5 Å². The van der Waals surface area contributed by atoms with E-state index >= 15 is 0 Å². The molecule has 0 radical (unpaired) electrons. The van der Waals surface area contributed by atoms with E-state index in [1.165, 1.54) is 0 Å². The molecule has 2 aromatic rings. The summed E-state index contributed by atoms with van der Waals surface area (Å²) in [6.45, 7) is 1.96. The molecular formula is C14H17N5O2. The number of amides is 1. The van der Waals surface area contributed by atoms with Gasteiger partial charge in [-0.1, -0.05) is 12.1 Å². The number of carbonyl (C=O) groups excluding carboxylic acids is 1. The fourth-order valence-corrected chi connectivity index (χ4v) is 2.32. The van der Waals surface area contributed by atoms with Crippen molar-refractivity contribution in [2.75, 3.05) is 13.2 Å². The summed E-state index contributed by atoms with van der Waals surface area (Å²) < 4.78 is 7.11. The van der Waals surface area contributed by atoms with Gasteiger partial charge in [0.15, 0.2) is 0 Å². The van der Waals surface area contributed by atoms with Gasteiger partial charge in [-0.15, -0.1) is 5.10 Å². The molecule has 1 aromatic carbocycles. The van der Waals surface area contributed by atoms with Gasteiger partial charge in [0.25, 0.3) is 5.91 Å². The zero-order valence-electron chi connectivity index (χ0n) is 11.6. The lowest BCUT2D eigenvalue weighted by molar-refractivity contribution is 0.0858. The molecule has 1 aromatic heterocycles. The van der Waals surface area contributed by atoms with Crippen molar-refractivity contribution in [2.24, 2.45) is 0 Å². The number of aromatic nitrogens is 4. The van der Waals surface area contributed by atoms with Crippen LogP contribution >= 0.6 is 0 Å². The highest BCUT2D eigenvalue weighted by Crippen LogP contribution is 2.11. The molecule has 21 heavy (non-hydrogen) atoms. The summed E-state index contributed by atoms with van der Waals surface area (Å²) in [6.07, 6.45) is 3.81. The van der Waals surface area contributed by atoms with Crippen molar-refractivity contribution in [2.45, 2.75) is 25.5 Å². The fourth-order valence-electron chi connectivity index (χ4n) is 2.32. The van der Waals surface area contributed by atoms with E-state index in [2.05, 4.69) is 20.8 Å². The Morgan fingerprint density at radius 1 is 1.38 bits per heavy atom. The first-order valence-corrected chi connectivity index (χ1v) is 7.01. The number of nitrogens with zero attached hydrogens (tertiary/aromatic N) is 4. The van der Waals surface area contributed by atoms with Crippen molar-refractivity contribution >= 4 is 5.91 Å². The van der Waals surface area contributed by atoms with Gasteiger partial charge in [-0.3, -0.25) is 4.79 Å². The lowest BCUT2D eigenvalue weighted by Crippen LogP contribution is -2.31. The minimum absolute atomic E-state index is 0.0699. The Hall–Kier alpha value is -2.28.